The predicted octanol–water partition coefficient (Wildman–Crippen LogP) is -0.496. The number of anilines is 1. The van der Waals surface area contributed by atoms with Crippen LogP contribution in [-0.2, 0) is 49.6 Å². The smallest absolute Gasteiger partial charge is 0.311 e. The summed E-state index contributed by atoms with van der Waals surface area (Å²) in [5, 5.41) is 45.6. The molecular formula is C33H45N3O14. The van der Waals surface area contributed by atoms with Gasteiger partial charge in [-0.25, -0.2) is 0 Å². The molecule has 17 nitrogen and oxygen atoms in total. The number of esters is 1. The summed E-state index contributed by atoms with van der Waals surface area (Å²) in [5.74, 6) is -4.94. The van der Waals surface area contributed by atoms with Gasteiger partial charge < -0.3 is 50.0 Å². The number of benzene rings is 1. The number of ether oxygens (including phenoxy) is 4. The third kappa shape index (κ3) is 11.9. The minimum atomic E-state index is -1.80. The normalized spacial score (nSPS) is 22.0. The van der Waals surface area contributed by atoms with Crippen molar-refractivity contribution < 1.29 is 68.1 Å². The molecule has 0 spiro atoms. The van der Waals surface area contributed by atoms with Crippen LogP contribution in [0, 0.1) is 11.3 Å². The van der Waals surface area contributed by atoms with Crippen LogP contribution in [0.1, 0.15) is 45.6 Å². The molecule has 0 bridgehead atoms. The Bertz CT molecular complexity index is 1410. The second-order valence-corrected chi connectivity index (χ2v) is 12.7. The summed E-state index contributed by atoms with van der Waals surface area (Å²) in [6.45, 7) is 5.65. The number of carboxylic acids is 1. The topological polar surface area (TPSA) is 248 Å². The van der Waals surface area contributed by atoms with Crippen molar-refractivity contribution >= 4 is 41.3 Å². The van der Waals surface area contributed by atoms with Crippen LogP contribution in [0.25, 0.3) is 0 Å². The second kappa shape index (κ2) is 18.5. The lowest BCUT2D eigenvalue weighted by Crippen LogP contribution is -2.57. The molecule has 6 N–H and O–H groups in total. The van der Waals surface area contributed by atoms with Crippen LogP contribution in [0.4, 0.5) is 5.69 Å². The Morgan fingerprint density at radius 1 is 0.880 bits per heavy atom. The van der Waals surface area contributed by atoms with Crippen molar-refractivity contribution in [2.45, 2.75) is 71.1 Å². The largest absolute Gasteiger partial charge is 0.485 e. The van der Waals surface area contributed by atoms with Crippen molar-refractivity contribution in [2.24, 2.45) is 11.3 Å². The summed E-state index contributed by atoms with van der Waals surface area (Å²) in [5.41, 5.74) is -0.190. The molecule has 0 saturated heterocycles. The van der Waals surface area contributed by atoms with E-state index in [1.54, 1.807) is 26.8 Å². The summed E-state index contributed by atoms with van der Waals surface area (Å²) in [6, 6.07) is 4.44. The van der Waals surface area contributed by atoms with Gasteiger partial charge in [0.1, 0.15) is 30.7 Å². The highest BCUT2D eigenvalue weighted by molar-refractivity contribution is 6.12. The molecule has 0 radical (unpaired) electrons. The Kier molecular flexibility index (Phi) is 14.8. The molecule has 1 aromatic carbocycles. The average Bonchev–Trinajstić information content (AvgIpc) is 3.37. The summed E-state index contributed by atoms with van der Waals surface area (Å²) in [7, 11) is 0. The number of nitrogens with zero attached hydrogens (tertiary/aromatic N) is 1. The molecule has 0 unspecified atom stereocenters. The number of hydrogen-bond acceptors (Lipinski definition) is 13. The van der Waals surface area contributed by atoms with E-state index in [-0.39, 0.29) is 82.7 Å². The third-order valence-corrected chi connectivity index (χ3v) is 7.75. The Morgan fingerprint density at radius 3 is 2.18 bits per heavy atom. The lowest BCUT2D eigenvalue weighted by atomic mass is 9.80. The molecule has 0 aromatic heterocycles. The highest BCUT2D eigenvalue weighted by Crippen LogP contribution is 2.33. The van der Waals surface area contributed by atoms with Crippen molar-refractivity contribution in [3.63, 3.8) is 0 Å². The van der Waals surface area contributed by atoms with Gasteiger partial charge in [0, 0.05) is 38.0 Å². The molecule has 17 heteroatoms. The lowest BCUT2D eigenvalue weighted by molar-refractivity contribution is -0.174. The van der Waals surface area contributed by atoms with E-state index in [2.05, 4.69) is 10.6 Å². The van der Waals surface area contributed by atoms with E-state index in [1.807, 2.05) is 0 Å². The van der Waals surface area contributed by atoms with Crippen LogP contribution >= 0.6 is 0 Å². The Morgan fingerprint density at radius 2 is 1.54 bits per heavy atom. The first-order valence-corrected chi connectivity index (χ1v) is 16.1. The summed E-state index contributed by atoms with van der Waals surface area (Å²) >= 11 is 0. The summed E-state index contributed by atoms with van der Waals surface area (Å²) < 4.78 is 21.9. The molecule has 1 heterocycles. The zero-order chi connectivity index (χ0) is 37.0. The van der Waals surface area contributed by atoms with Crippen LogP contribution in [0.2, 0.25) is 0 Å². The van der Waals surface area contributed by atoms with E-state index < -0.39 is 65.4 Å². The minimum Gasteiger partial charge on any atom is -0.485 e. The van der Waals surface area contributed by atoms with E-state index >= 15 is 0 Å². The van der Waals surface area contributed by atoms with Gasteiger partial charge in [-0.15, -0.1) is 0 Å². The number of carbonyl (C=O) groups excluding carboxylic acids is 5. The molecule has 276 valence electrons. The fourth-order valence-corrected chi connectivity index (χ4v) is 4.86. The Balaban J connectivity index is 1.48. The van der Waals surface area contributed by atoms with E-state index in [9.17, 15) is 49.2 Å². The van der Waals surface area contributed by atoms with Crippen LogP contribution in [0.15, 0.2) is 30.4 Å². The van der Waals surface area contributed by atoms with E-state index in [4.69, 9.17) is 18.9 Å². The molecule has 3 rings (SSSR count). The maximum absolute atomic E-state index is 12.9. The quantitative estimate of drug-likeness (QED) is 0.0640. The number of carboxylic acid groups (broad SMARTS) is 1. The van der Waals surface area contributed by atoms with Crippen molar-refractivity contribution in [1.29, 1.82) is 0 Å². The number of hydrogen-bond donors (Lipinski definition) is 6. The molecule has 1 saturated carbocycles. The molecule has 1 aliphatic carbocycles. The molecule has 1 aliphatic heterocycles. The third-order valence-electron chi connectivity index (χ3n) is 7.75. The fraction of sp³-hybridized carbons (Fsp3) is 0.576. The first kappa shape index (κ1) is 40.0. The maximum atomic E-state index is 12.9. The summed E-state index contributed by atoms with van der Waals surface area (Å²) in [6.07, 6.45) is -4.50. The molecule has 50 heavy (non-hydrogen) atoms. The van der Waals surface area contributed by atoms with Crippen molar-refractivity contribution in [1.82, 2.24) is 10.2 Å². The molecule has 1 fully saturated rings. The average molecular weight is 708 g/mol. The zero-order valence-electron chi connectivity index (χ0n) is 28.2. The molecule has 2 aliphatic rings. The van der Waals surface area contributed by atoms with Crippen LogP contribution in [0.5, 0.6) is 5.75 Å². The first-order chi connectivity index (χ1) is 23.6. The Labute approximate surface area is 288 Å². The van der Waals surface area contributed by atoms with Crippen molar-refractivity contribution in [2.75, 3.05) is 44.8 Å². The number of nitrogens with one attached hydrogen (secondary N) is 2. The summed E-state index contributed by atoms with van der Waals surface area (Å²) in [4.78, 5) is 73.0. The maximum Gasteiger partial charge on any atom is 0.311 e. The number of imide groups is 1. The predicted molar refractivity (Wildman–Crippen MR) is 172 cm³/mol. The van der Waals surface area contributed by atoms with Crippen LogP contribution < -0.4 is 15.4 Å². The Hall–Kier alpha value is -4.42. The van der Waals surface area contributed by atoms with Crippen LogP contribution in [0.3, 0.4) is 0 Å². The number of aliphatic carboxylic acids is 1. The number of aliphatic hydroxyl groups excluding tert-OH is 3. The van der Waals surface area contributed by atoms with Gasteiger partial charge in [0.2, 0.25) is 11.8 Å². The fourth-order valence-electron chi connectivity index (χ4n) is 4.86. The van der Waals surface area contributed by atoms with Gasteiger partial charge in [-0.05, 0) is 38.5 Å². The number of rotatable bonds is 18. The van der Waals surface area contributed by atoms with Gasteiger partial charge in [-0.1, -0.05) is 6.07 Å². The highest BCUT2D eigenvalue weighted by atomic mass is 16.5. The SMILES string of the molecule is CC(C)(C)C(=O)OCc1ccc(O[C@@H]2C[C@H](C(=O)O)[C@@H](O)[C@H](O)[C@H]2O)c(NC(=O)CCNC(=O)CCOCCOCCN2C(=O)C=CC2=O)c1. The number of carbonyl (C=O) groups is 6. The number of aliphatic hydroxyl groups is 3. The monoisotopic (exact) mass is 707 g/mol. The van der Waals surface area contributed by atoms with E-state index in [0.29, 0.717) is 5.56 Å². The van der Waals surface area contributed by atoms with Gasteiger partial charge in [0.15, 0.2) is 0 Å². The zero-order valence-corrected chi connectivity index (χ0v) is 28.2. The van der Waals surface area contributed by atoms with Crippen molar-refractivity contribution in [3.05, 3.63) is 35.9 Å². The van der Waals surface area contributed by atoms with E-state index in [0.717, 1.165) is 4.90 Å². The minimum absolute atomic E-state index is 0.0129. The van der Waals surface area contributed by atoms with Crippen molar-refractivity contribution in [3.8, 4) is 5.75 Å². The van der Waals surface area contributed by atoms with Gasteiger partial charge in [0.05, 0.1) is 56.1 Å². The molecular weight excluding hydrogens is 662 g/mol. The van der Waals surface area contributed by atoms with E-state index in [1.165, 1.54) is 24.3 Å². The molecule has 4 amide bonds. The standard InChI is InChI=1S/C33H45N3O14/c1-33(2,3)32(46)49-18-19-4-5-22(50-23-17-20(31(44)45)28(41)30(43)29(23)42)21(16-19)35-25(38)8-10-34-24(37)9-12-47-14-15-48-13-11-36-26(39)6-7-27(36)40/h4-7,16,20,23,28-30,41-43H,8-15,17-18H2,1-3H3,(H,34,37)(H,35,38)(H,44,45)/t20-,23+,28+,29-,30-/m0/s1. The van der Waals surface area contributed by atoms with Gasteiger partial charge in [-0.3, -0.25) is 33.7 Å². The number of amides is 4. The van der Waals surface area contributed by atoms with Gasteiger partial charge >= 0.3 is 11.9 Å². The van der Waals surface area contributed by atoms with Crippen LogP contribution in [-0.4, -0.2) is 125 Å². The highest BCUT2D eigenvalue weighted by Gasteiger charge is 2.47. The van der Waals surface area contributed by atoms with Gasteiger partial charge in [-0.2, -0.15) is 0 Å². The second-order valence-electron chi connectivity index (χ2n) is 12.7. The molecule has 1 aromatic rings. The lowest BCUT2D eigenvalue weighted by Gasteiger charge is -2.38. The first-order valence-electron chi connectivity index (χ1n) is 16.1. The molecule has 5 atom stereocenters. The van der Waals surface area contributed by atoms with Gasteiger partial charge in [0.25, 0.3) is 11.8 Å².